The lowest BCUT2D eigenvalue weighted by Gasteiger charge is -2.46. The summed E-state index contributed by atoms with van der Waals surface area (Å²) < 4.78 is 5.87. The molecule has 0 aromatic heterocycles. The molecule has 0 unspecified atom stereocenters. The van der Waals surface area contributed by atoms with Gasteiger partial charge in [0, 0.05) is 11.3 Å². The average molecular weight is 222 g/mol. The van der Waals surface area contributed by atoms with Crippen LogP contribution in [0.2, 0.25) is 0 Å². The molecule has 90 valence electrons. The van der Waals surface area contributed by atoms with Gasteiger partial charge in [-0.15, -0.1) is 6.58 Å². The largest absolute Gasteiger partial charge is 0.365 e. The topological polar surface area (TPSA) is 29.5 Å². The number of hydrogen-bond donors (Lipinski definition) is 1. The van der Waals surface area contributed by atoms with E-state index in [1.165, 1.54) is 0 Å². The molecule has 1 heterocycles. The maximum atomic E-state index is 10.2. The van der Waals surface area contributed by atoms with Crippen LogP contribution < -0.4 is 0 Å². The second kappa shape index (κ2) is 3.44. The SMILES string of the molecule is C=CC[C@]1(C)[C@@H]2C[C@@H]2[C@](C)(O)O[C@H]1C(=C)C. The molecule has 0 radical (unpaired) electrons. The standard InChI is InChI=1S/C14H22O2/c1-6-7-13(4)10-8-11(10)14(5,15)16-12(13)9(2)3/h6,10-12,15H,1-2,7-8H2,3-5H3/t10-,11+,12+,13-,14-/m1/s1. The van der Waals surface area contributed by atoms with Crippen LogP contribution in [0.3, 0.4) is 0 Å². The van der Waals surface area contributed by atoms with Gasteiger partial charge in [0.15, 0.2) is 5.79 Å². The Bertz CT molecular complexity index is 332. The fraction of sp³-hybridized carbons (Fsp3) is 0.714. The first-order valence-electron chi connectivity index (χ1n) is 5.99. The number of aliphatic hydroxyl groups is 1. The molecule has 5 atom stereocenters. The van der Waals surface area contributed by atoms with Crippen molar-refractivity contribution in [2.75, 3.05) is 0 Å². The molecular weight excluding hydrogens is 200 g/mol. The van der Waals surface area contributed by atoms with E-state index in [-0.39, 0.29) is 17.4 Å². The Morgan fingerprint density at radius 1 is 1.50 bits per heavy atom. The van der Waals surface area contributed by atoms with Crippen molar-refractivity contribution >= 4 is 0 Å². The van der Waals surface area contributed by atoms with Crippen LogP contribution >= 0.6 is 0 Å². The molecule has 0 bridgehead atoms. The zero-order valence-electron chi connectivity index (χ0n) is 10.5. The van der Waals surface area contributed by atoms with Crippen molar-refractivity contribution in [3.63, 3.8) is 0 Å². The van der Waals surface area contributed by atoms with Gasteiger partial charge in [-0.2, -0.15) is 0 Å². The molecule has 2 heteroatoms. The van der Waals surface area contributed by atoms with E-state index in [0.29, 0.717) is 5.92 Å². The van der Waals surface area contributed by atoms with Gasteiger partial charge in [-0.25, -0.2) is 0 Å². The lowest BCUT2D eigenvalue weighted by atomic mass is 9.71. The van der Waals surface area contributed by atoms with Crippen molar-refractivity contribution < 1.29 is 9.84 Å². The Balaban J connectivity index is 2.31. The number of allylic oxidation sites excluding steroid dienone is 1. The van der Waals surface area contributed by atoms with E-state index in [1.54, 1.807) is 6.92 Å². The van der Waals surface area contributed by atoms with Crippen molar-refractivity contribution in [3.8, 4) is 0 Å². The molecule has 1 saturated carbocycles. The molecule has 16 heavy (non-hydrogen) atoms. The summed E-state index contributed by atoms with van der Waals surface area (Å²) in [6.45, 7) is 13.8. The van der Waals surface area contributed by atoms with Gasteiger partial charge in [0.1, 0.15) is 0 Å². The number of fused-ring (bicyclic) bond motifs is 1. The van der Waals surface area contributed by atoms with Crippen molar-refractivity contribution in [1.29, 1.82) is 0 Å². The van der Waals surface area contributed by atoms with Crippen LogP contribution in [0.25, 0.3) is 0 Å². The van der Waals surface area contributed by atoms with E-state index in [2.05, 4.69) is 20.1 Å². The summed E-state index contributed by atoms with van der Waals surface area (Å²) in [6, 6.07) is 0. The Morgan fingerprint density at radius 2 is 2.12 bits per heavy atom. The molecule has 2 rings (SSSR count). The van der Waals surface area contributed by atoms with Crippen molar-refractivity contribution in [1.82, 2.24) is 0 Å². The quantitative estimate of drug-likeness (QED) is 0.744. The average Bonchev–Trinajstić information content (AvgIpc) is 2.92. The lowest BCUT2D eigenvalue weighted by molar-refractivity contribution is -0.271. The molecule has 0 spiro atoms. The summed E-state index contributed by atoms with van der Waals surface area (Å²) in [5.74, 6) is -0.154. The summed E-state index contributed by atoms with van der Waals surface area (Å²) in [4.78, 5) is 0. The second-order valence-corrected chi connectivity index (χ2v) is 5.85. The van der Waals surface area contributed by atoms with Crippen molar-refractivity contribution in [2.24, 2.45) is 17.3 Å². The molecule has 1 aliphatic heterocycles. The monoisotopic (exact) mass is 222 g/mol. The minimum atomic E-state index is -0.977. The maximum absolute atomic E-state index is 10.2. The molecule has 2 fully saturated rings. The van der Waals surface area contributed by atoms with Crippen LogP contribution in [0.4, 0.5) is 0 Å². The molecule has 1 saturated heterocycles. The second-order valence-electron chi connectivity index (χ2n) is 5.85. The zero-order chi connectivity index (χ0) is 12.1. The fourth-order valence-corrected chi connectivity index (χ4v) is 3.40. The van der Waals surface area contributed by atoms with Crippen LogP contribution in [-0.4, -0.2) is 17.0 Å². The third-order valence-corrected chi connectivity index (χ3v) is 4.31. The minimum Gasteiger partial charge on any atom is -0.365 e. The summed E-state index contributed by atoms with van der Waals surface area (Å²) in [5.41, 5.74) is 1.05. The van der Waals surface area contributed by atoms with E-state index >= 15 is 0 Å². The van der Waals surface area contributed by atoms with Gasteiger partial charge in [-0.05, 0) is 32.6 Å². The van der Waals surface area contributed by atoms with Gasteiger partial charge in [-0.3, -0.25) is 0 Å². The molecule has 1 N–H and O–H groups in total. The highest BCUT2D eigenvalue weighted by molar-refractivity contribution is 5.18. The summed E-state index contributed by atoms with van der Waals surface area (Å²) in [6.07, 6.45) is 3.86. The summed E-state index contributed by atoms with van der Waals surface area (Å²) in [7, 11) is 0. The van der Waals surface area contributed by atoms with Gasteiger partial charge >= 0.3 is 0 Å². The van der Waals surface area contributed by atoms with E-state index in [0.717, 1.165) is 18.4 Å². The predicted molar refractivity (Wildman–Crippen MR) is 64.8 cm³/mol. The van der Waals surface area contributed by atoms with Gasteiger partial charge < -0.3 is 9.84 Å². The first-order valence-corrected chi connectivity index (χ1v) is 5.99. The Labute approximate surface area is 98.0 Å². The molecule has 0 aromatic carbocycles. The molecule has 2 nitrogen and oxygen atoms in total. The van der Waals surface area contributed by atoms with E-state index in [1.807, 2.05) is 13.0 Å². The maximum Gasteiger partial charge on any atom is 0.166 e. The van der Waals surface area contributed by atoms with Crippen molar-refractivity contribution in [2.45, 2.75) is 45.5 Å². The van der Waals surface area contributed by atoms with Crippen LogP contribution in [0.15, 0.2) is 24.8 Å². The highest BCUT2D eigenvalue weighted by Crippen LogP contribution is 2.64. The number of ether oxygens (including phenoxy) is 1. The van der Waals surface area contributed by atoms with E-state index in [4.69, 9.17) is 4.74 Å². The zero-order valence-corrected chi connectivity index (χ0v) is 10.5. The molecule has 0 aromatic rings. The highest BCUT2D eigenvalue weighted by Gasteiger charge is 2.65. The van der Waals surface area contributed by atoms with Gasteiger partial charge in [0.2, 0.25) is 0 Å². The predicted octanol–water partition coefficient (Wildman–Crippen LogP) is 2.89. The Morgan fingerprint density at radius 3 is 2.62 bits per heavy atom. The third kappa shape index (κ3) is 1.56. The van der Waals surface area contributed by atoms with Crippen LogP contribution in [0.1, 0.15) is 33.6 Å². The van der Waals surface area contributed by atoms with Crippen molar-refractivity contribution in [3.05, 3.63) is 24.8 Å². The summed E-state index contributed by atoms with van der Waals surface area (Å²) in [5, 5.41) is 10.2. The smallest absolute Gasteiger partial charge is 0.166 e. The third-order valence-electron chi connectivity index (χ3n) is 4.31. The van der Waals surface area contributed by atoms with E-state index < -0.39 is 5.79 Å². The highest BCUT2D eigenvalue weighted by atomic mass is 16.6. The van der Waals surface area contributed by atoms with E-state index in [9.17, 15) is 5.11 Å². The lowest BCUT2D eigenvalue weighted by Crippen LogP contribution is -2.50. The fourth-order valence-electron chi connectivity index (χ4n) is 3.40. The first kappa shape index (κ1) is 11.9. The minimum absolute atomic E-state index is 0.0560. The number of hydrogen-bond acceptors (Lipinski definition) is 2. The molecule has 2 aliphatic rings. The van der Waals surface area contributed by atoms with Crippen LogP contribution in [0.5, 0.6) is 0 Å². The van der Waals surface area contributed by atoms with Crippen LogP contribution in [0, 0.1) is 17.3 Å². The normalized spacial score (nSPS) is 50.6. The Kier molecular flexibility index (Phi) is 2.56. The molecular formula is C14H22O2. The Hall–Kier alpha value is -0.600. The van der Waals surface area contributed by atoms with Gasteiger partial charge in [-0.1, -0.05) is 25.2 Å². The summed E-state index contributed by atoms with van der Waals surface area (Å²) >= 11 is 0. The molecule has 1 aliphatic carbocycles. The van der Waals surface area contributed by atoms with Crippen LogP contribution in [-0.2, 0) is 4.74 Å². The first-order chi connectivity index (χ1) is 7.33. The molecule has 0 amide bonds. The van der Waals surface area contributed by atoms with Gasteiger partial charge in [0.05, 0.1) is 6.10 Å². The van der Waals surface area contributed by atoms with Gasteiger partial charge in [0.25, 0.3) is 0 Å². The number of rotatable bonds is 3.